The largest absolute Gasteiger partial charge is 0.497 e. The number of hydrogen-bond acceptors (Lipinski definition) is 6. The van der Waals surface area contributed by atoms with Gasteiger partial charge in [0, 0.05) is 6.07 Å². The second kappa shape index (κ2) is 8.75. The number of ether oxygens (including phenoxy) is 4. The Hall–Kier alpha value is -4.06. The Labute approximate surface area is 179 Å². The van der Waals surface area contributed by atoms with Gasteiger partial charge >= 0.3 is 5.97 Å². The van der Waals surface area contributed by atoms with E-state index in [1.54, 1.807) is 74.9 Å². The molecule has 3 aromatic rings. The number of hydrogen-bond donors (Lipinski definition) is 0. The highest BCUT2D eigenvalue weighted by molar-refractivity contribution is 6.14. The van der Waals surface area contributed by atoms with Crippen molar-refractivity contribution < 1.29 is 28.5 Å². The lowest BCUT2D eigenvalue weighted by atomic mass is 10.1. The molecule has 6 heteroatoms. The van der Waals surface area contributed by atoms with Gasteiger partial charge in [0.1, 0.15) is 23.0 Å². The van der Waals surface area contributed by atoms with Crippen molar-refractivity contribution in [1.82, 2.24) is 0 Å². The van der Waals surface area contributed by atoms with E-state index in [9.17, 15) is 9.59 Å². The molecule has 0 saturated heterocycles. The summed E-state index contributed by atoms with van der Waals surface area (Å²) in [4.78, 5) is 24.9. The van der Waals surface area contributed by atoms with Gasteiger partial charge in [-0.15, -0.1) is 0 Å². The summed E-state index contributed by atoms with van der Waals surface area (Å²) in [7, 11) is 3.18. The van der Waals surface area contributed by atoms with Crippen molar-refractivity contribution in [1.29, 1.82) is 0 Å². The topological polar surface area (TPSA) is 71.1 Å². The maximum atomic E-state index is 12.6. The first kappa shape index (κ1) is 20.2. The van der Waals surface area contributed by atoms with Crippen molar-refractivity contribution in [3.63, 3.8) is 0 Å². The lowest BCUT2D eigenvalue weighted by Crippen LogP contribution is -2.11. The van der Waals surface area contributed by atoms with E-state index in [0.29, 0.717) is 17.1 Å². The van der Waals surface area contributed by atoms with Crippen molar-refractivity contribution in [2.24, 2.45) is 0 Å². The van der Waals surface area contributed by atoms with Crippen LogP contribution in [0.5, 0.6) is 23.0 Å². The molecule has 0 saturated carbocycles. The fraction of sp³-hybridized carbons (Fsp3) is 0.120. The number of methoxy groups -OCH3 is 2. The first-order valence-electron chi connectivity index (χ1n) is 9.61. The molecular weight excluding hydrogens is 396 g/mol. The number of ketones is 1. The summed E-state index contributed by atoms with van der Waals surface area (Å²) in [5.74, 6) is 1.70. The second-order valence-corrected chi connectivity index (χ2v) is 6.87. The highest BCUT2D eigenvalue weighted by Gasteiger charge is 2.28. The number of rotatable bonds is 6. The molecule has 0 aromatic heterocycles. The zero-order chi connectivity index (χ0) is 21.8. The number of allylic oxidation sites excluding steroid dienone is 1. The third-order valence-electron chi connectivity index (χ3n) is 4.79. The predicted molar refractivity (Wildman–Crippen MR) is 115 cm³/mol. The third kappa shape index (κ3) is 4.59. The summed E-state index contributed by atoms with van der Waals surface area (Å²) >= 11 is 0. The second-order valence-electron chi connectivity index (χ2n) is 6.87. The van der Waals surface area contributed by atoms with E-state index in [-0.39, 0.29) is 18.0 Å². The van der Waals surface area contributed by atoms with Gasteiger partial charge in [-0.25, -0.2) is 0 Å². The molecule has 6 nitrogen and oxygen atoms in total. The van der Waals surface area contributed by atoms with Crippen LogP contribution < -0.4 is 18.9 Å². The molecule has 1 aliphatic heterocycles. The fourth-order valence-electron chi connectivity index (χ4n) is 3.16. The van der Waals surface area contributed by atoms with E-state index in [2.05, 4.69) is 0 Å². The molecule has 0 unspecified atom stereocenters. The summed E-state index contributed by atoms with van der Waals surface area (Å²) in [5, 5.41) is 0. The van der Waals surface area contributed by atoms with Gasteiger partial charge in [0.05, 0.1) is 26.2 Å². The minimum Gasteiger partial charge on any atom is -0.497 e. The van der Waals surface area contributed by atoms with Crippen LogP contribution in [0.3, 0.4) is 0 Å². The third-order valence-corrected chi connectivity index (χ3v) is 4.79. The Kier molecular flexibility index (Phi) is 5.71. The summed E-state index contributed by atoms with van der Waals surface area (Å²) in [5.41, 5.74) is 2.04. The van der Waals surface area contributed by atoms with Gasteiger partial charge in [0.2, 0.25) is 5.78 Å². The van der Waals surface area contributed by atoms with Gasteiger partial charge in [-0.05, 0) is 53.6 Å². The molecule has 1 aliphatic rings. The van der Waals surface area contributed by atoms with Crippen LogP contribution in [0.25, 0.3) is 6.08 Å². The Morgan fingerprint density at radius 3 is 2.13 bits per heavy atom. The molecular formula is C25H20O6. The molecule has 0 bridgehead atoms. The van der Waals surface area contributed by atoms with E-state index in [4.69, 9.17) is 18.9 Å². The zero-order valence-electron chi connectivity index (χ0n) is 17.1. The van der Waals surface area contributed by atoms with Gasteiger partial charge in [-0.2, -0.15) is 0 Å². The highest BCUT2D eigenvalue weighted by Crippen LogP contribution is 2.35. The normalized spacial score (nSPS) is 13.5. The molecule has 4 rings (SSSR count). The van der Waals surface area contributed by atoms with Gasteiger partial charge in [0.15, 0.2) is 5.76 Å². The standard InChI is InChI=1S/C25H20O6/c1-28-18-7-3-16(4-8-18)13-23-25(27)21-12-11-20(15-22(21)31-23)30-24(26)14-17-5-9-19(29-2)10-6-17/h3-13,15H,14H2,1-2H3/b23-13-. The van der Waals surface area contributed by atoms with Crippen molar-refractivity contribution in [3.05, 3.63) is 89.2 Å². The number of fused-ring (bicyclic) bond motifs is 1. The number of esters is 1. The van der Waals surface area contributed by atoms with E-state index < -0.39 is 5.97 Å². The Bertz CT molecular complexity index is 1140. The molecule has 0 spiro atoms. The molecule has 0 radical (unpaired) electrons. The average molecular weight is 416 g/mol. The SMILES string of the molecule is COc1ccc(/C=C2\Oc3cc(OC(=O)Cc4ccc(OC)cc4)ccc3C2=O)cc1. The number of Topliss-reactive ketones (excluding diaryl/α,β-unsaturated/α-hetero) is 1. The quantitative estimate of drug-likeness (QED) is 0.336. The van der Waals surface area contributed by atoms with Crippen LogP contribution in [0, 0.1) is 0 Å². The smallest absolute Gasteiger partial charge is 0.315 e. The molecule has 1 heterocycles. The molecule has 0 amide bonds. The number of carbonyl (C=O) groups is 2. The van der Waals surface area contributed by atoms with Crippen LogP contribution in [0.1, 0.15) is 21.5 Å². The average Bonchev–Trinajstić information content (AvgIpc) is 3.09. The minimum absolute atomic E-state index is 0.115. The maximum absolute atomic E-state index is 12.6. The monoisotopic (exact) mass is 416 g/mol. The molecule has 0 atom stereocenters. The predicted octanol–water partition coefficient (Wildman–Crippen LogP) is 4.47. The Morgan fingerprint density at radius 2 is 1.48 bits per heavy atom. The van der Waals surface area contributed by atoms with Crippen molar-refractivity contribution >= 4 is 17.8 Å². The van der Waals surface area contributed by atoms with E-state index in [0.717, 1.165) is 22.6 Å². The van der Waals surface area contributed by atoms with Crippen LogP contribution in [0.4, 0.5) is 0 Å². The Balaban J connectivity index is 1.44. The lowest BCUT2D eigenvalue weighted by molar-refractivity contribution is -0.133. The fourth-order valence-corrected chi connectivity index (χ4v) is 3.16. The summed E-state index contributed by atoms with van der Waals surface area (Å²) in [6, 6.07) is 19.2. The molecule has 156 valence electrons. The minimum atomic E-state index is -0.413. The summed E-state index contributed by atoms with van der Waals surface area (Å²) < 4.78 is 21.4. The number of benzene rings is 3. The van der Waals surface area contributed by atoms with Crippen molar-refractivity contribution in [2.45, 2.75) is 6.42 Å². The maximum Gasteiger partial charge on any atom is 0.315 e. The lowest BCUT2D eigenvalue weighted by Gasteiger charge is -2.06. The highest BCUT2D eigenvalue weighted by atomic mass is 16.5. The molecule has 31 heavy (non-hydrogen) atoms. The van der Waals surface area contributed by atoms with Crippen molar-refractivity contribution in [2.75, 3.05) is 14.2 Å². The van der Waals surface area contributed by atoms with Crippen LogP contribution in [-0.2, 0) is 11.2 Å². The van der Waals surface area contributed by atoms with Crippen LogP contribution in [0.15, 0.2) is 72.5 Å². The summed E-state index contributed by atoms with van der Waals surface area (Å²) in [6.07, 6.45) is 1.78. The molecule has 3 aromatic carbocycles. The zero-order valence-corrected chi connectivity index (χ0v) is 17.1. The molecule has 0 N–H and O–H groups in total. The summed E-state index contributed by atoms with van der Waals surface area (Å²) in [6.45, 7) is 0. The van der Waals surface area contributed by atoms with Gasteiger partial charge in [-0.1, -0.05) is 24.3 Å². The van der Waals surface area contributed by atoms with E-state index in [1.807, 2.05) is 12.1 Å². The van der Waals surface area contributed by atoms with E-state index >= 15 is 0 Å². The van der Waals surface area contributed by atoms with Crippen LogP contribution in [0.2, 0.25) is 0 Å². The number of carbonyl (C=O) groups excluding carboxylic acids is 2. The molecule has 0 aliphatic carbocycles. The van der Waals surface area contributed by atoms with Crippen LogP contribution >= 0.6 is 0 Å². The first-order chi connectivity index (χ1) is 15.1. The molecule has 0 fully saturated rings. The van der Waals surface area contributed by atoms with E-state index in [1.165, 1.54) is 0 Å². The first-order valence-corrected chi connectivity index (χ1v) is 9.61. The van der Waals surface area contributed by atoms with Gasteiger partial charge in [-0.3, -0.25) is 9.59 Å². The van der Waals surface area contributed by atoms with Gasteiger partial charge in [0.25, 0.3) is 0 Å². The van der Waals surface area contributed by atoms with Crippen LogP contribution in [-0.4, -0.2) is 26.0 Å². The van der Waals surface area contributed by atoms with Gasteiger partial charge < -0.3 is 18.9 Å². The Morgan fingerprint density at radius 1 is 0.871 bits per heavy atom. The van der Waals surface area contributed by atoms with Crippen molar-refractivity contribution in [3.8, 4) is 23.0 Å².